The van der Waals surface area contributed by atoms with Crippen molar-refractivity contribution in [1.82, 2.24) is 24.5 Å². The lowest BCUT2D eigenvalue weighted by Crippen LogP contribution is -2.33. The third-order valence-corrected chi connectivity index (χ3v) is 3.88. The van der Waals surface area contributed by atoms with Gasteiger partial charge in [-0.05, 0) is 13.8 Å². The van der Waals surface area contributed by atoms with Gasteiger partial charge in [-0.3, -0.25) is 14.2 Å². The molecule has 0 fully saturated rings. The van der Waals surface area contributed by atoms with Gasteiger partial charge in [-0.1, -0.05) is 11.6 Å². The molecular formula is C14H18ClN5O3. The van der Waals surface area contributed by atoms with Gasteiger partial charge >= 0.3 is 5.97 Å². The summed E-state index contributed by atoms with van der Waals surface area (Å²) in [6.07, 6.45) is 4.10. The number of carboxylic acid groups (broad SMARTS) is 1. The van der Waals surface area contributed by atoms with Gasteiger partial charge in [-0.25, -0.2) is 4.79 Å². The molecule has 1 N–H and O–H groups in total. The minimum absolute atomic E-state index is 0.0411. The van der Waals surface area contributed by atoms with Crippen molar-refractivity contribution in [2.24, 2.45) is 0 Å². The van der Waals surface area contributed by atoms with E-state index < -0.39 is 12.0 Å². The quantitative estimate of drug-likeness (QED) is 0.864. The van der Waals surface area contributed by atoms with Gasteiger partial charge in [0.1, 0.15) is 6.04 Å². The number of likely N-dealkylation sites (N-methyl/N-ethyl adjacent to an activating group) is 1. The Labute approximate surface area is 138 Å². The summed E-state index contributed by atoms with van der Waals surface area (Å²) in [6.45, 7) is 4.56. The van der Waals surface area contributed by atoms with Gasteiger partial charge in [0, 0.05) is 19.8 Å². The van der Waals surface area contributed by atoms with E-state index in [1.807, 2.05) is 6.92 Å². The zero-order valence-corrected chi connectivity index (χ0v) is 13.9. The van der Waals surface area contributed by atoms with Crippen molar-refractivity contribution >= 4 is 23.5 Å². The van der Waals surface area contributed by atoms with Crippen LogP contribution in [-0.4, -0.2) is 48.5 Å². The van der Waals surface area contributed by atoms with Crippen LogP contribution in [0.25, 0.3) is 0 Å². The van der Waals surface area contributed by atoms with E-state index in [1.165, 1.54) is 22.0 Å². The molecule has 0 saturated carbocycles. The van der Waals surface area contributed by atoms with E-state index in [0.717, 1.165) is 5.69 Å². The van der Waals surface area contributed by atoms with Crippen LogP contribution in [0.15, 0.2) is 18.6 Å². The van der Waals surface area contributed by atoms with Crippen LogP contribution in [0.2, 0.25) is 5.02 Å². The van der Waals surface area contributed by atoms with Crippen LogP contribution < -0.4 is 0 Å². The number of hydrogen-bond donors (Lipinski definition) is 1. The average Bonchev–Trinajstić information content (AvgIpc) is 3.14. The largest absolute Gasteiger partial charge is 0.478 e. The van der Waals surface area contributed by atoms with E-state index in [2.05, 4.69) is 10.2 Å². The molecule has 0 saturated heterocycles. The Bertz CT molecular complexity index is 724. The van der Waals surface area contributed by atoms with E-state index in [9.17, 15) is 9.59 Å². The Morgan fingerprint density at radius 2 is 2.09 bits per heavy atom. The van der Waals surface area contributed by atoms with E-state index in [0.29, 0.717) is 18.1 Å². The van der Waals surface area contributed by atoms with Crippen LogP contribution in [0.5, 0.6) is 0 Å². The molecule has 2 rings (SSSR count). The second-order valence-corrected chi connectivity index (χ2v) is 5.55. The Hall–Kier alpha value is -2.35. The molecule has 0 bridgehead atoms. The van der Waals surface area contributed by atoms with Crippen LogP contribution >= 0.6 is 11.6 Å². The standard InChI is InChI=1S/C14H18ClN5O3/c1-4-19-12(11(15)6-17-19)8-18(3)13(21)9(2)20-7-10(5-16-20)14(22)23/h5-7,9H,4,8H2,1-3H3,(H,22,23). The molecule has 0 spiro atoms. The molecule has 2 aromatic rings. The number of hydrogen-bond acceptors (Lipinski definition) is 4. The number of carbonyl (C=O) groups excluding carboxylic acids is 1. The first-order chi connectivity index (χ1) is 10.8. The maximum Gasteiger partial charge on any atom is 0.338 e. The summed E-state index contributed by atoms with van der Waals surface area (Å²) in [5.41, 5.74) is 0.795. The molecule has 1 unspecified atom stereocenters. The Morgan fingerprint density at radius 3 is 2.65 bits per heavy atom. The van der Waals surface area contributed by atoms with Crippen molar-refractivity contribution in [1.29, 1.82) is 0 Å². The monoisotopic (exact) mass is 339 g/mol. The lowest BCUT2D eigenvalue weighted by atomic mass is 10.2. The number of halogens is 1. The molecule has 0 radical (unpaired) electrons. The van der Waals surface area contributed by atoms with Crippen LogP contribution in [-0.2, 0) is 17.9 Å². The highest BCUT2D eigenvalue weighted by atomic mass is 35.5. The minimum Gasteiger partial charge on any atom is -0.478 e. The maximum atomic E-state index is 12.5. The first-order valence-corrected chi connectivity index (χ1v) is 7.45. The van der Waals surface area contributed by atoms with Crippen molar-refractivity contribution in [3.8, 4) is 0 Å². The second-order valence-electron chi connectivity index (χ2n) is 5.14. The summed E-state index contributed by atoms with van der Waals surface area (Å²) >= 11 is 6.10. The fourth-order valence-electron chi connectivity index (χ4n) is 2.21. The van der Waals surface area contributed by atoms with Crippen LogP contribution in [0.4, 0.5) is 0 Å². The molecule has 0 aliphatic heterocycles. The summed E-state index contributed by atoms with van der Waals surface area (Å²) in [5.74, 6) is -1.28. The van der Waals surface area contributed by atoms with E-state index in [1.54, 1.807) is 24.9 Å². The average molecular weight is 340 g/mol. The fourth-order valence-corrected chi connectivity index (χ4v) is 2.41. The van der Waals surface area contributed by atoms with Crippen molar-refractivity contribution < 1.29 is 14.7 Å². The molecule has 124 valence electrons. The van der Waals surface area contributed by atoms with Gasteiger partial charge in [0.25, 0.3) is 0 Å². The predicted octanol–water partition coefficient (Wildman–Crippen LogP) is 1.67. The summed E-state index contributed by atoms with van der Waals surface area (Å²) in [7, 11) is 1.66. The molecule has 0 aliphatic rings. The van der Waals surface area contributed by atoms with E-state index >= 15 is 0 Å². The van der Waals surface area contributed by atoms with Crippen LogP contribution in [0, 0.1) is 0 Å². The van der Waals surface area contributed by atoms with Crippen molar-refractivity contribution in [3.05, 3.63) is 34.9 Å². The molecule has 1 amide bonds. The number of aromatic carboxylic acids is 1. The number of carboxylic acids is 1. The Morgan fingerprint density at radius 1 is 1.39 bits per heavy atom. The van der Waals surface area contributed by atoms with Crippen LogP contribution in [0.3, 0.4) is 0 Å². The van der Waals surface area contributed by atoms with Crippen molar-refractivity contribution in [3.63, 3.8) is 0 Å². The highest BCUT2D eigenvalue weighted by molar-refractivity contribution is 6.31. The Kier molecular flexibility index (Phi) is 5.05. The molecule has 2 heterocycles. The molecule has 0 aliphatic carbocycles. The third-order valence-electron chi connectivity index (χ3n) is 3.56. The van der Waals surface area contributed by atoms with Crippen molar-refractivity contribution in [2.75, 3.05) is 7.05 Å². The molecular weight excluding hydrogens is 322 g/mol. The lowest BCUT2D eigenvalue weighted by molar-refractivity contribution is -0.133. The molecule has 0 aromatic carbocycles. The summed E-state index contributed by atoms with van der Waals surface area (Å²) < 4.78 is 3.06. The highest BCUT2D eigenvalue weighted by Gasteiger charge is 2.22. The van der Waals surface area contributed by atoms with Gasteiger partial charge in [-0.2, -0.15) is 10.2 Å². The minimum atomic E-state index is -1.08. The summed E-state index contributed by atoms with van der Waals surface area (Å²) in [4.78, 5) is 24.9. The first-order valence-electron chi connectivity index (χ1n) is 7.07. The molecule has 23 heavy (non-hydrogen) atoms. The van der Waals surface area contributed by atoms with Gasteiger partial charge in [-0.15, -0.1) is 0 Å². The smallest absolute Gasteiger partial charge is 0.338 e. The number of amides is 1. The maximum absolute atomic E-state index is 12.5. The van der Waals surface area contributed by atoms with E-state index in [-0.39, 0.29) is 11.5 Å². The summed E-state index contributed by atoms with van der Waals surface area (Å²) in [6, 6.07) is -0.620. The van der Waals surface area contributed by atoms with Gasteiger partial charge in [0.15, 0.2) is 0 Å². The zero-order chi connectivity index (χ0) is 17.1. The van der Waals surface area contributed by atoms with E-state index in [4.69, 9.17) is 16.7 Å². The van der Waals surface area contributed by atoms with Crippen LogP contribution in [0.1, 0.15) is 35.9 Å². The number of nitrogens with zero attached hydrogens (tertiary/aromatic N) is 5. The predicted molar refractivity (Wildman–Crippen MR) is 83.3 cm³/mol. The summed E-state index contributed by atoms with van der Waals surface area (Å²) in [5, 5.41) is 17.5. The fraction of sp³-hybridized carbons (Fsp3) is 0.429. The Balaban J connectivity index is 2.12. The molecule has 9 heteroatoms. The number of aromatic nitrogens is 4. The molecule has 1 atom stereocenters. The number of carbonyl (C=O) groups is 2. The van der Waals surface area contributed by atoms with Gasteiger partial charge < -0.3 is 10.0 Å². The number of aryl methyl sites for hydroxylation is 1. The van der Waals surface area contributed by atoms with Gasteiger partial charge in [0.2, 0.25) is 5.91 Å². The zero-order valence-electron chi connectivity index (χ0n) is 13.1. The first kappa shape index (κ1) is 17.0. The number of rotatable bonds is 6. The van der Waals surface area contributed by atoms with Gasteiger partial charge in [0.05, 0.1) is 35.2 Å². The molecule has 8 nitrogen and oxygen atoms in total. The molecule has 2 aromatic heterocycles. The van der Waals surface area contributed by atoms with Crippen molar-refractivity contribution in [2.45, 2.75) is 33.0 Å². The SMILES string of the molecule is CCn1ncc(Cl)c1CN(C)C(=O)C(C)n1cc(C(=O)O)cn1. The topological polar surface area (TPSA) is 93.2 Å². The highest BCUT2D eigenvalue weighted by Crippen LogP contribution is 2.18. The third kappa shape index (κ3) is 3.53. The normalized spacial score (nSPS) is 12.2. The lowest BCUT2D eigenvalue weighted by Gasteiger charge is -2.22. The second kappa shape index (κ2) is 6.82.